The van der Waals surface area contributed by atoms with Crippen LogP contribution in [0.5, 0.6) is 0 Å². The average Bonchev–Trinajstić information content (AvgIpc) is 2.43. The Bertz CT molecular complexity index is 401. The molecule has 1 atom stereocenters. The summed E-state index contributed by atoms with van der Waals surface area (Å²) in [6, 6.07) is 9.30. The molecule has 0 aromatic heterocycles. The number of hydrogen-bond acceptors (Lipinski definition) is 4. The first-order chi connectivity index (χ1) is 9.15. The monoisotopic (exact) mass is 284 g/mol. The van der Waals surface area contributed by atoms with E-state index < -0.39 is 5.97 Å². The van der Waals surface area contributed by atoms with E-state index in [1.54, 1.807) is 0 Å². The zero-order chi connectivity index (χ0) is 14.1. The number of methoxy groups -OCH3 is 1. The van der Waals surface area contributed by atoms with Crippen molar-refractivity contribution in [1.29, 1.82) is 0 Å². The molecule has 0 radical (unpaired) electrons. The van der Waals surface area contributed by atoms with Gasteiger partial charge in [0.05, 0.1) is 6.10 Å². The van der Waals surface area contributed by atoms with Crippen molar-refractivity contribution in [2.75, 3.05) is 13.0 Å². The highest BCUT2D eigenvalue weighted by atomic mass is 35.5. The highest BCUT2D eigenvalue weighted by Gasteiger charge is 2.16. The van der Waals surface area contributed by atoms with Crippen LogP contribution in [-0.4, -0.2) is 30.8 Å². The summed E-state index contributed by atoms with van der Waals surface area (Å²) in [6.07, 6.45) is -0.472. The number of esters is 1. The number of carbonyl (C=O) groups is 2. The van der Waals surface area contributed by atoms with Crippen molar-refractivity contribution in [3.05, 3.63) is 35.9 Å². The number of rotatable bonds is 8. The Morgan fingerprint density at radius 3 is 2.53 bits per heavy atom. The van der Waals surface area contributed by atoms with E-state index >= 15 is 0 Å². The predicted molar refractivity (Wildman–Crippen MR) is 72.0 cm³/mol. The molecule has 0 bridgehead atoms. The van der Waals surface area contributed by atoms with E-state index in [0.717, 1.165) is 5.56 Å². The summed E-state index contributed by atoms with van der Waals surface area (Å²) in [5, 5.41) is 0. The van der Waals surface area contributed by atoms with Crippen LogP contribution in [0.2, 0.25) is 0 Å². The molecule has 0 amide bonds. The van der Waals surface area contributed by atoms with Crippen LogP contribution in [0.25, 0.3) is 0 Å². The molecule has 104 valence electrons. The summed E-state index contributed by atoms with van der Waals surface area (Å²) in [5.41, 5.74) is 0.888. The van der Waals surface area contributed by atoms with Crippen LogP contribution in [-0.2, 0) is 25.7 Å². The molecule has 0 aliphatic heterocycles. The Hall–Kier alpha value is -1.39. The molecule has 0 heterocycles. The maximum Gasteiger partial charge on any atom is 0.313 e. The second-order valence-electron chi connectivity index (χ2n) is 4.08. The lowest BCUT2D eigenvalue weighted by atomic mass is 10.1. The maximum absolute atomic E-state index is 11.6. The molecule has 1 aromatic carbocycles. The zero-order valence-electron chi connectivity index (χ0n) is 10.8. The third kappa shape index (κ3) is 6.36. The molecule has 0 spiro atoms. The minimum atomic E-state index is -0.529. The molecular weight excluding hydrogens is 268 g/mol. The Morgan fingerprint density at radius 1 is 1.26 bits per heavy atom. The van der Waals surface area contributed by atoms with Crippen LogP contribution in [0.1, 0.15) is 18.4 Å². The molecule has 0 saturated heterocycles. The zero-order valence-corrected chi connectivity index (χ0v) is 11.6. The molecule has 4 nitrogen and oxygen atoms in total. The van der Waals surface area contributed by atoms with Crippen LogP contribution in [0.15, 0.2) is 30.3 Å². The molecule has 5 heteroatoms. The Labute approximate surface area is 117 Å². The summed E-state index contributed by atoms with van der Waals surface area (Å²) >= 11 is 5.60. The van der Waals surface area contributed by atoms with Crippen LogP contribution in [0.4, 0.5) is 0 Å². The van der Waals surface area contributed by atoms with Crippen LogP contribution in [0, 0.1) is 0 Å². The Balaban J connectivity index is 2.29. The van der Waals surface area contributed by atoms with Gasteiger partial charge in [-0.3, -0.25) is 9.59 Å². The van der Waals surface area contributed by atoms with E-state index in [0.29, 0.717) is 0 Å². The molecule has 0 aliphatic carbocycles. The van der Waals surface area contributed by atoms with E-state index in [1.165, 1.54) is 7.11 Å². The molecule has 0 saturated carbocycles. The van der Waals surface area contributed by atoms with Crippen LogP contribution < -0.4 is 0 Å². The van der Waals surface area contributed by atoms with Gasteiger partial charge in [0.15, 0.2) is 0 Å². The summed E-state index contributed by atoms with van der Waals surface area (Å²) in [4.78, 5) is 23.0. The quantitative estimate of drug-likeness (QED) is 0.418. The molecule has 1 unspecified atom stereocenters. The summed E-state index contributed by atoms with van der Waals surface area (Å²) in [7, 11) is 1.48. The van der Waals surface area contributed by atoms with Crippen molar-refractivity contribution in [1.82, 2.24) is 0 Å². The van der Waals surface area contributed by atoms with E-state index in [9.17, 15) is 9.59 Å². The second-order valence-corrected chi connectivity index (χ2v) is 4.39. The smallest absolute Gasteiger partial charge is 0.313 e. The van der Waals surface area contributed by atoms with E-state index in [2.05, 4.69) is 0 Å². The van der Waals surface area contributed by atoms with E-state index in [4.69, 9.17) is 21.1 Å². The molecule has 1 rings (SSSR count). The molecule has 0 N–H and O–H groups in total. The molecular formula is C14H17ClO4. The second kappa shape index (κ2) is 8.67. The molecule has 1 aromatic rings. The number of ether oxygens (including phenoxy) is 2. The van der Waals surface area contributed by atoms with Crippen LogP contribution in [0.3, 0.4) is 0 Å². The summed E-state index contributed by atoms with van der Waals surface area (Å²) in [6.45, 7) is 0.177. The lowest BCUT2D eigenvalue weighted by Crippen LogP contribution is -2.20. The van der Waals surface area contributed by atoms with Gasteiger partial charge < -0.3 is 9.47 Å². The van der Waals surface area contributed by atoms with Crippen molar-refractivity contribution < 1.29 is 19.1 Å². The summed E-state index contributed by atoms with van der Waals surface area (Å²) < 4.78 is 9.99. The minimum Gasteiger partial charge on any atom is -0.460 e. The predicted octanol–water partition coefficient (Wildman–Crippen LogP) is 2.33. The highest BCUT2D eigenvalue weighted by molar-refractivity contribution is 6.18. The lowest BCUT2D eigenvalue weighted by Gasteiger charge is -2.10. The highest BCUT2D eigenvalue weighted by Crippen LogP contribution is 2.06. The normalized spacial score (nSPS) is 11.9. The minimum absolute atomic E-state index is 0.125. The van der Waals surface area contributed by atoms with Gasteiger partial charge in [0.2, 0.25) is 0 Å². The molecule has 19 heavy (non-hydrogen) atoms. The van der Waals surface area contributed by atoms with Gasteiger partial charge in [-0.2, -0.15) is 0 Å². The number of Topliss-reactive ketones (excluding diaryl/α,β-unsaturated/α-hetero) is 1. The van der Waals surface area contributed by atoms with E-state index in [1.807, 2.05) is 30.3 Å². The van der Waals surface area contributed by atoms with Crippen molar-refractivity contribution in [2.24, 2.45) is 0 Å². The van der Waals surface area contributed by atoms with Crippen molar-refractivity contribution in [3.63, 3.8) is 0 Å². The number of halogens is 1. The maximum atomic E-state index is 11.6. The third-order valence-electron chi connectivity index (χ3n) is 2.54. The first-order valence-corrected chi connectivity index (χ1v) is 6.49. The van der Waals surface area contributed by atoms with Crippen molar-refractivity contribution in [2.45, 2.75) is 25.6 Å². The number of alkyl halides is 1. The first kappa shape index (κ1) is 15.7. The van der Waals surface area contributed by atoms with Gasteiger partial charge in [-0.05, 0) is 5.56 Å². The van der Waals surface area contributed by atoms with Crippen molar-refractivity contribution in [3.8, 4) is 0 Å². The van der Waals surface area contributed by atoms with Gasteiger partial charge in [-0.25, -0.2) is 0 Å². The van der Waals surface area contributed by atoms with Gasteiger partial charge in [0, 0.05) is 19.4 Å². The van der Waals surface area contributed by atoms with Gasteiger partial charge in [-0.1, -0.05) is 30.3 Å². The van der Waals surface area contributed by atoms with Crippen molar-refractivity contribution >= 4 is 23.4 Å². The first-order valence-electron chi connectivity index (χ1n) is 5.95. The van der Waals surface area contributed by atoms with Gasteiger partial charge in [0.1, 0.15) is 18.8 Å². The average molecular weight is 285 g/mol. The fourth-order valence-corrected chi connectivity index (χ4v) is 1.71. The number of carbonyl (C=O) groups excluding carboxylic acids is 2. The van der Waals surface area contributed by atoms with E-state index in [-0.39, 0.29) is 37.2 Å². The van der Waals surface area contributed by atoms with Gasteiger partial charge in [-0.15, -0.1) is 11.6 Å². The summed E-state index contributed by atoms with van der Waals surface area (Å²) in [5.74, 6) is -0.537. The Kier molecular flexibility index (Phi) is 7.15. The Morgan fingerprint density at radius 2 is 1.95 bits per heavy atom. The molecule has 0 fully saturated rings. The molecule has 0 aliphatic rings. The van der Waals surface area contributed by atoms with Crippen LogP contribution >= 0.6 is 11.6 Å². The number of ketones is 1. The topological polar surface area (TPSA) is 52.6 Å². The van der Waals surface area contributed by atoms with Gasteiger partial charge >= 0.3 is 5.97 Å². The number of benzene rings is 1. The SMILES string of the molecule is COC(CCl)CC(=O)CC(=O)OCc1ccccc1. The largest absolute Gasteiger partial charge is 0.460 e. The number of hydrogen-bond donors (Lipinski definition) is 0. The lowest BCUT2D eigenvalue weighted by molar-refractivity contribution is -0.147. The fourth-order valence-electron chi connectivity index (χ4n) is 1.48. The van der Waals surface area contributed by atoms with Gasteiger partial charge in [0.25, 0.3) is 0 Å². The standard InChI is InChI=1S/C14H17ClO4/c1-18-13(9-15)7-12(16)8-14(17)19-10-11-5-3-2-4-6-11/h2-6,13H,7-10H2,1H3. The third-order valence-corrected chi connectivity index (χ3v) is 2.89. The fraction of sp³-hybridized carbons (Fsp3) is 0.429.